The topological polar surface area (TPSA) is 38.3 Å². The molecule has 1 aromatic rings. The van der Waals surface area contributed by atoms with Crippen molar-refractivity contribution in [3.63, 3.8) is 0 Å². The highest BCUT2D eigenvalue weighted by molar-refractivity contribution is 7.99. The first kappa shape index (κ1) is 15.4. The number of ether oxygens (including phenoxy) is 1. The normalized spacial score (nSPS) is 17.6. The van der Waals surface area contributed by atoms with Gasteiger partial charge in [0.15, 0.2) is 0 Å². The summed E-state index contributed by atoms with van der Waals surface area (Å²) in [7, 11) is 3.43. The summed E-state index contributed by atoms with van der Waals surface area (Å²) in [6, 6.07) is 9.06. The molecule has 0 saturated heterocycles. The lowest BCUT2D eigenvalue weighted by Crippen LogP contribution is -2.13. The van der Waals surface area contributed by atoms with Gasteiger partial charge in [0.2, 0.25) is 0 Å². The molecule has 0 heterocycles. The standard InChI is InChI=1S/C16H23NO2S/c1-12(17-2)13-4-6-14(7-5-13)20-11-16(8-9-16)10-15(18)19-3/h4-7,12,17H,8-11H2,1-3H3. The average Bonchev–Trinajstić information content (AvgIpc) is 3.24. The molecule has 0 amide bonds. The molecule has 1 aliphatic carbocycles. The Balaban J connectivity index is 1.86. The minimum Gasteiger partial charge on any atom is -0.469 e. The van der Waals surface area contributed by atoms with Gasteiger partial charge in [-0.3, -0.25) is 4.79 Å². The van der Waals surface area contributed by atoms with Gasteiger partial charge in [-0.25, -0.2) is 0 Å². The summed E-state index contributed by atoms with van der Waals surface area (Å²) in [6.45, 7) is 2.15. The third-order valence-corrected chi connectivity index (χ3v) is 5.42. The van der Waals surface area contributed by atoms with Crippen LogP contribution in [0, 0.1) is 5.41 Å². The van der Waals surface area contributed by atoms with Crippen LogP contribution < -0.4 is 5.32 Å². The fourth-order valence-electron chi connectivity index (χ4n) is 2.18. The van der Waals surface area contributed by atoms with Gasteiger partial charge in [-0.15, -0.1) is 11.8 Å². The Morgan fingerprint density at radius 2 is 2.05 bits per heavy atom. The number of nitrogens with one attached hydrogen (secondary N) is 1. The van der Waals surface area contributed by atoms with E-state index in [4.69, 9.17) is 4.74 Å². The van der Waals surface area contributed by atoms with Gasteiger partial charge in [0.1, 0.15) is 0 Å². The van der Waals surface area contributed by atoms with Gasteiger partial charge in [0.25, 0.3) is 0 Å². The summed E-state index contributed by atoms with van der Waals surface area (Å²) in [5.74, 6) is 0.921. The minimum absolute atomic E-state index is 0.0821. The number of rotatable bonds is 7. The van der Waals surface area contributed by atoms with Crippen molar-refractivity contribution in [3.8, 4) is 0 Å². The van der Waals surface area contributed by atoms with Crippen LogP contribution in [0.3, 0.4) is 0 Å². The van der Waals surface area contributed by atoms with Crippen LogP contribution in [0.4, 0.5) is 0 Å². The van der Waals surface area contributed by atoms with Crippen molar-refractivity contribution >= 4 is 17.7 Å². The van der Waals surface area contributed by atoms with Crippen molar-refractivity contribution in [3.05, 3.63) is 29.8 Å². The maximum absolute atomic E-state index is 11.4. The van der Waals surface area contributed by atoms with Gasteiger partial charge in [-0.05, 0) is 49.9 Å². The molecule has 1 saturated carbocycles. The fourth-order valence-corrected chi connectivity index (χ4v) is 3.38. The highest BCUT2D eigenvalue weighted by atomic mass is 32.2. The molecule has 0 spiro atoms. The molecule has 3 nitrogen and oxygen atoms in total. The van der Waals surface area contributed by atoms with Crippen LogP contribution in [0.15, 0.2) is 29.2 Å². The summed E-state index contributed by atoms with van der Waals surface area (Å²) in [6.07, 6.45) is 2.85. The number of benzene rings is 1. The SMILES string of the molecule is CNC(C)c1ccc(SCC2(CC(=O)OC)CC2)cc1. The monoisotopic (exact) mass is 293 g/mol. The van der Waals surface area contributed by atoms with Gasteiger partial charge in [0.05, 0.1) is 13.5 Å². The molecule has 1 atom stereocenters. The first-order valence-corrected chi connectivity index (χ1v) is 8.04. The molecule has 1 N–H and O–H groups in total. The molecule has 0 radical (unpaired) electrons. The van der Waals surface area contributed by atoms with Crippen LogP contribution in [-0.2, 0) is 9.53 Å². The molecule has 1 unspecified atom stereocenters. The van der Waals surface area contributed by atoms with E-state index >= 15 is 0 Å². The molecule has 1 aliphatic rings. The van der Waals surface area contributed by atoms with Crippen LogP contribution in [0.1, 0.15) is 37.8 Å². The van der Waals surface area contributed by atoms with Crippen molar-refractivity contribution in [1.29, 1.82) is 0 Å². The van der Waals surface area contributed by atoms with Crippen LogP contribution in [0.2, 0.25) is 0 Å². The second-order valence-corrected chi connectivity index (χ2v) is 6.67. The van der Waals surface area contributed by atoms with Gasteiger partial charge in [-0.2, -0.15) is 0 Å². The number of thioether (sulfide) groups is 1. The summed E-state index contributed by atoms with van der Waals surface area (Å²) in [5, 5.41) is 3.24. The van der Waals surface area contributed by atoms with Crippen LogP contribution in [0.5, 0.6) is 0 Å². The number of hydrogen-bond donors (Lipinski definition) is 1. The molecular weight excluding hydrogens is 270 g/mol. The molecule has 1 aromatic carbocycles. The Kier molecular flexibility index (Phi) is 5.11. The molecule has 0 aromatic heterocycles. The average molecular weight is 293 g/mol. The molecule has 1 fully saturated rings. The molecule has 20 heavy (non-hydrogen) atoms. The zero-order valence-corrected chi connectivity index (χ0v) is 13.3. The van der Waals surface area contributed by atoms with E-state index in [1.54, 1.807) is 0 Å². The van der Waals surface area contributed by atoms with Crippen LogP contribution >= 0.6 is 11.8 Å². The summed E-state index contributed by atoms with van der Waals surface area (Å²) < 4.78 is 4.78. The highest BCUT2D eigenvalue weighted by Gasteiger charge is 2.44. The predicted molar refractivity (Wildman–Crippen MR) is 82.9 cm³/mol. The largest absolute Gasteiger partial charge is 0.469 e. The molecule has 110 valence electrons. The molecule has 4 heteroatoms. The molecular formula is C16H23NO2S. The lowest BCUT2D eigenvalue weighted by Gasteiger charge is -2.14. The van der Waals surface area contributed by atoms with Crippen molar-refractivity contribution in [2.24, 2.45) is 5.41 Å². The van der Waals surface area contributed by atoms with E-state index in [1.165, 1.54) is 17.6 Å². The quantitative estimate of drug-likeness (QED) is 0.617. The van der Waals surface area contributed by atoms with Crippen molar-refractivity contribution in [1.82, 2.24) is 5.32 Å². The first-order chi connectivity index (χ1) is 9.58. The smallest absolute Gasteiger partial charge is 0.306 e. The Hall–Kier alpha value is -1.00. The Labute approximate surface area is 125 Å². The number of carbonyl (C=O) groups excluding carboxylic acids is 1. The maximum Gasteiger partial charge on any atom is 0.306 e. The number of hydrogen-bond acceptors (Lipinski definition) is 4. The third kappa shape index (κ3) is 4.00. The lowest BCUT2D eigenvalue weighted by molar-refractivity contribution is -0.141. The van der Waals surface area contributed by atoms with Gasteiger partial charge in [0, 0.05) is 16.7 Å². The van der Waals surface area contributed by atoms with Crippen molar-refractivity contribution < 1.29 is 9.53 Å². The Morgan fingerprint density at radius 3 is 2.55 bits per heavy atom. The van der Waals surface area contributed by atoms with Crippen molar-refractivity contribution in [2.75, 3.05) is 19.9 Å². The van der Waals surface area contributed by atoms with E-state index < -0.39 is 0 Å². The second-order valence-electron chi connectivity index (χ2n) is 5.62. The minimum atomic E-state index is -0.0821. The van der Waals surface area contributed by atoms with Crippen LogP contribution in [-0.4, -0.2) is 25.9 Å². The van der Waals surface area contributed by atoms with E-state index in [2.05, 4.69) is 36.5 Å². The second kappa shape index (κ2) is 6.64. The maximum atomic E-state index is 11.4. The van der Waals surface area contributed by atoms with Gasteiger partial charge < -0.3 is 10.1 Å². The summed E-state index contributed by atoms with van der Waals surface area (Å²) in [4.78, 5) is 12.7. The Bertz CT molecular complexity index is 454. The lowest BCUT2D eigenvalue weighted by atomic mass is 10.1. The summed E-state index contributed by atoms with van der Waals surface area (Å²) in [5.41, 5.74) is 1.49. The number of carbonyl (C=O) groups is 1. The number of methoxy groups -OCH3 is 1. The summed E-state index contributed by atoms with van der Waals surface area (Å²) >= 11 is 1.84. The zero-order valence-electron chi connectivity index (χ0n) is 12.4. The van der Waals surface area contributed by atoms with E-state index in [1.807, 2.05) is 18.8 Å². The molecule has 0 bridgehead atoms. The number of esters is 1. The predicted octanol–water partition coefficient (Wildman–Crippen LogP) is 3.40. The fraction of sp³-hybridized carbons (Fsp3) is 0.562. The van der Waals surface area contributed by atoms with E-state index in [9.17, 15) is 4.79 Å². The van der Waals surface area contributed by atoms with Crippen LogP contribution in [0.25, 0.3) is 0 Å². The first-order valence-electron chi connectivity index (χ1n) is 7.05. The Morgan fingerprint density at radius 1 is 1.40 bits per heavy atom. The van der Waals surface area contributed by atoms with E-state index in [0.717, 1.165) is 18.6 Å². The zero-order chi connectivity index (χ0) is 14.6. The highest BCUT2D eigenvalue weighted by Crippen LogP contribution is 2.52. The molecule has 2 rings (SSSR count). The molecule has 0 aliphatic heterocycles. The van der Waals surface area contributed by atoms with E-state index in [-0.39, 0.29) is 11.4 Å². The van der Waals surface area contributed by atoms with Gasteiger partial charge >= 0.3 is 5.97 Å². The van der Waals surface area contributed by atoms with E-state index in [0.29, 0.717) is 12.5 Å². The van der Waals surface area contributed by atoms with Gasteiger partial charge in [-0.1, -0.05) is 12.1 Å². The van der Waals surface area contributed by atoms with Crippen molar-refractivity contribution in [2.45, 2.75) is 37.1 Å². The third-order valence-electron chi connectivity index (χ3n) is 4.06.